The molecule has 17 heavy (non-hydrogen) atoms. The van der Waals surface area contributed by atoms with E-state index in [4.69, 9.17) is 0 Å². The largest absolute Gasteiger partial charge is 0.388 e. The maximum atomic E-state index is 10.4. The molecule has 1 fully saturated rings. The van der Waals surface area contributed by atoms with Gasteiger partial charge in [-0.1, -0.05) is 57.9 Å². The van der Waals surface area contributed by atoms with Gasteiger partial charge in [-0.15, -0.1) is 0 Å². The van der Waals surface area contributed by atoms with Crippen LogP contribution in [-0.2, 0) is 5.41 Å². The fourth-order valence-corrected chi connectivity index (χ4v) is 2.73. The smallest absolute Gasteiger partial charge is 0.0818 e. The molecular weight excluding hydrogens is 208 g/mol. The zero-order valence-corrected chi connectivity index (χ0v) is 11.2. The molecule has 1 saturated carbocycles. The fraction of sp³-hybridized carbons (Fsp3) is 0.625. The number of aliphatic hydroxyl groups is 1. The van der Waals surface area contributed by atoms with Crippen LogP contribution in [0.1, 0.15) is 63.7 Å². The molecule has 1 aliphatic carbocycles. The van der Waals surface area contributed by atoms with Gasteiger partial charge in [-0.25, -0.2) is 0 Å². The molecule has 0 amide bonds. The normalized spacial score (nSPS) is 19.5. The Hall–Kier alpha value is -0.820. The monoisotopic (exact) mass is 232 g/mol. The number of rotatable bonds is 2. The third-order valence-electron chi connectivity index (χ3n) is 3.94. The van der Waals surface area contributed by atoms with Crippen molar-refractivity contribution in [3.05, 3.63) is 35.4 Å². The van der Waals surface area contributed by atoms with Crippen LogP contribution < -0.4 is 0 Å². The molecule has 1 aliphatic rings. The SMILES string of the molecule is CC(C)(C)c1cccc(C(O)C2CCCC2)c1. The minimum atomic E-state index is -0.264. The van der Waals surface area contributed by atoms with E-state index in [0.29, 0.717) is 5.92 Å². The molecule has 1 N–H and O–H groups in total. The molecule has 1 heteroatoms. The molecule has 0 saturated heterocycles. The Labute approximate surface area is 105 Å². The van der Waals surface area contributed by atoms with Crippen molar-refractivity contribution in [3.8, 4) is 0 Å². The Balaban J connectivity index is 2.20. The van der Waals surface area contributed by atoms with Gasteiger partial charge in [0.05, 0.1) is 6.10 Å². The highest BCUT2D eigenvalue weighted by molar-refractivity contribution is 5.30. The topological polar surface area (TPSA) is 20.2 Å². The molecule has 1 nitrogen and oxygen atoms in total. The molecule has 1 unspecified atom stereocenters. The van der Waals surface area contributed by atoms with Gasteiger partial charge in [0.1, 0.15) is 0 Å². The highest BCUT2D eigenvalue weighted by Gasteiger charge is 2.25. The second kappa shape index (κ2) is 4.81. The van der Waals surface area contributed by atoms with Crippen molar-refractivity contribution >= 4 is 0 Å². The van der Waals surface area contributed by atoms with E-state index in [1.54, 1.807) is 0 Å². The summed E-state index contributed by atoms with van der Waals surface area (Å²) < 4.78 is 0. The Morgan fingerprint density at radius 2 is 1.82 bits per heavy atom. The third kappa shape index (κ3) is 2.90. The van der Waals surface area contributed by atoms with Crippen molar-refractivity contribution in [2.24, 2.45) is 5.92 Å². The molecule has 0 heterocycles. The van der Waals surface area contributed by atoms with Gasteiger partial charge < -0.3 is 5.11 Å². The quantitative estimate of drug-likeness (QED) is 0.810. The zero-order valence-electron chi connectivity index (χ0n) is 11.2. The maximum absolute atomic E-state index is 10.4. The van der Waals surface area contributed by atoms with Crippen LogP contribution in [0.3, 0.4) is 0 Å². The van der Waals surface area contributed by atoms with Gasteiger partial charge in [0, 0.05) is 0 Å². The lowest BCUT2D eigenvalue weighted by atomic mass is 9.84. The molecule has 1 aromatic rings. The summed E-state index contributed by atoms with van der Waals surface area (Å²) in [5.41, 5.74) is 2.57. The van der Waals surface area contributed by atoms with Gasteiger partial charge in [-0.2, -0.15) is 0 Å². The molecule has 0 radical (unpaired) electrons. The summed E-state index contributed by atoms with van der Waals surface area (Å²) in [5.74, 6) is 0.477. The van der Waals surface area contributed by atoms with E-state index >= 15 is 0 Å². The first-order valence-electron chi connectivity index (χ1n) is 6.77. The average Bonchev–Trinajstić information content (AvgIpc) is 2.80. The summed E-state index contributed by atoms with van der Waals surface area (Å²) in [7, 11) is 0. The van der Waals surface area contributed by atoms with Crippen LogP contribution in [0.25, 0.3) is 0 Å². The summed E-state index contributed by atoms with van der Waals surface area (Å²) >= 11 is 0. The summed E-state index contributed by atoms with van der Waals surface area (Å²) in [6.07, 6.45) is 4.66. The van der Waals surface area contributed by atoms with Crippen LogP contribution in [0.5, 0.6) is 0 Å². The van der Waals surface area contributed by atoms with Gasteiger partial charge in [0.25, 0.3) is 0 Å². The van der Waals surface area contributed by atoms with Crippen LogP contribution in [0, 0.1) is 5.92 Å². The molecular formula is C16H24O. The molecule has 2 rings (SSSR count). The van der Waals surface area contributed by atoms with Crippen LogP contribution in [0.4, 0.5) is 0 Å². The highest BCUT2D eigenvalue weighted by Crippen LogP contribution is 2.36. The standard InChI is InChI=1S/C16H24O/c1-16(2,3)14-10-6-9-13(11-14)15(17)12-7-4-5-8-12/h6,9-12,15,17H,4-5,7-8H2,1-3H3. The number of aliphatic hydroxyl groups excluding tert-OH is 1. The third-order valence-corrected chi connectivity index (χ3v) is 3.94. The van der Waals surface area contributed by atoms with Gasteiger partial charge in [0.15, 0.2) is 0 Å². The predicted molar refractivity (Wildman–Crippen MR) is 72.1 cm³/mol. The first-order chi connectivity index (χ1) is 7.98. The molecule has 94 valence electrons. The summed E-state index contributed by atoms with van der Waals surface area (Å²) in [5, 5.41) is 10.4. The van der Waals surface area contributed by atoms with Crippen molar-refractivity contribution in [3.63, 3.8) is 0 Å². The summed E-state index contributed by atoms with van der Waals surface area (Å²) in [6, 6.07) is 8.49. The van der Waals surface area contributed by atoms with E-state index in [2.05, 4.69) is 45.0 Å². The van der Waals surface area contributed by atoms with E-state index < -0.39 is 0 Å². The molecule has 0 bridgehead atoms. The van der Waals surface area contributed by atoms with Crippen molar-refractivity contribution in [1.29, 1.82) is 0 Å². The second-order valence-corrected chi connectivity index (χ2v) is 6.36. The van der Waals surface area contributed by atoms with Crippen LogP contribution in [0.2, 0.25) is 0 Å². The van der Waals surface area contributed by atoms with E-state index in [1.807, 2.05) is 0 Å². The molecule has 0 aliphatic heterocycles. The lowest BCUT2D eigenvalue weighted by Crippen LogP contribution is -2.14. The minimum Gasteiger partial charge on any atom is -0.388 e. The Kier molecular flexibility index (Phi) is 3.58. The van der Waals surface area contributed by atoms with Gasteiger partial charge >= 0.3 is 0 Å². The van der Waals surface area contributed by atoms with Crippen molar-refractivity contribution < 1.29 is 5.11 Å². The zero-order chi connectivity index (χ0) is 12.5. The van der Waals surface area contributed by atoms with Gasteiger partial charge in [-0.3, -0.25) is 0 Å². The molecule has 1 aromatic carbocycles. The van der Waals surface area contributed by atoms with Gasteiger partial charge in [-0.05, 0) is 35.3 Å². The number of hydrogen-bond acceptors (Lipinski definition) is 1. The Morgan fingerprint density at radius 3 is 2.41 bits per heavy atom. The van der Waals surface area contributed by atoms with Crippen LogP contribution in [0.15, 0.2) is 24.3 Å². The number of benzene rings is 1. The lowest BCUT2D eigenvalue weighted by Gasteiger charge is -2.23. The second-order valence-electron chi connectivity index (χ2n) is 6.36. The Bertz CT molecular complexity index is 369. The van der Waals surface area contributed by atoms with Crippen molar-refractivity contribution in [1.82, 2.24) is 0 Å². The maximum Gasteiger partial charge on any atom is 0.0818 e. The lowest BCUT2D eigenvalue weighted by molar-refractivity contribution is 0.111. The minimum absolute atomic E-state index is 0.158. The molecule has 0 aromatic heterocycles. The van der Waals surface area contributed by atoms with E-state index in [0.717, 1.165) is 5.56 Å². The van der Waals surface area contributed by atoms with E-state index in [-0.39, 0.29) is 11.5 Å². The van der Waals surface area contributed by atoms with Crippen molar-refractivity contribution in [2.75, 3.05) is 0 Å². The van der Waals surface area contributed by atoms with Crippen LogP contribution in [-0.4, -0.2) is 5.11 Å². The average molecular weight is 232 g/mol. The van der Waals surface area contributed by atoms with Gasteiger partial charge in [0.2, 0.25) is 0 Å². The van der Waals surface area contributed by atoms with Crippen LogP contribution >= 0.6 is 0 Å². The van der Waals surface area contributed by atoms with Crippen molar-refractivity contribution in [2.45, 2.75) is 58.0 Å². The highest BCUT2D eigenvalue weighted by atomic mass is 16.3. The predicted octanol–water partition coefficient (Wildman–Crippen LogP) is 4.21. The van der Waals surface area contributed by atoms with E-state index in [1.165, 1.54) is 31.2 Å². The van der Waals surface area contributed by atoms with E-state index in [9.17, 15) is 5.11 Å². The summed E-state index contributed by atoms with van der Waals surface area (Å²) in [6.45, 7) is 6.65. The summed E-state index contributed by atoms with van der Waals surface area (Å²) in [4.78, 5) is 0. The number of hydrogen-bond donors (Lipinski definition) is 1. The first-order valence-corrected chi connectivity index (χ1v) is 6.77. The molecule has 1 atom stereocenters. The first kappa shape index (κ1) is 12.6. The Morgan fingerprint density at radius 1 is 1.18 bits per heavy atom. The fourth-order valence-electron chi connectivity index (χ4n) is 2.73. The molecule has 0 spiro atoms.